The Bertz CT molecular complexity index is 1470. The molecular formula is C22H14Br2N4O3S2. The predicted octanol–water partition coefficient (Wildman–Crippen LogP) is 5.38. The highest BCUT2D eigenvalue weighted by molar-refractivity contribution is 9.11. The normalized spacial score (nSPS) is 13.1. The molecule has 1 aliphatic heterocycles. The van der Waals surface area contributed by atoms with Crippen LogP contribution in [0.3, 0.4) is 0 Å². The van der Waals surface area contributed by atoms with Crippen LogP contribution in [0.1, 0.15) is 21.7 Å². The van der Waals surface area contributed by atoms with Crippen molar-refractivity contribution in [3.05, 3.63) is 84.8 Å². The summed E-state index contributed by atoms with van der Waals surface area (Å²) in [5.74, 6) is 1.95. The van der Waals surface area contributed by atoms with E-state index in [0.717, 1.165) is 9.86 Å². The molecule has 0 radical (unpaired) electrons. The number of rotatable bonds is 6. The summed E-state index contributed by atoms with van der Waals surface area (Å²) in [6.45, 7) is 0. The van der Waals surface area contributed by atoms with Crippen molar-refractivity contribution in [3.63, 3.8) is 0 Å². The van der Waals surface area contributed by atoms with Gasteiger partial charge in [0.1, 0.15) is 0 Å². The highest BCUT2D eigenvalue weighted by Crippen LogP contribution is 2.30. The van der Waals surface area contributed by atoms with E-state index in [1.54, 1.807) is 22.9 Å². The summed E-state index contributed by atoms with van der Waals surface area (Å²) in [5, 5.41) is 14.5. The third-order valence-electron chi connectivity index (χ3n) is 4.86. The Morgan fingerprint density at radius 3 is 2.79 bits per heavy atom. The van der Waals surface area contributed by atoms with E-state index in [1.165, 1.54) is 23.5 Å². The number of aromatic nitrogens is 3. The average molecular weight is 606 g/mol. The van der Waals surface area contributed by atoms with Gasteiger partial charge in [0.15, 0.2) is 17.2 Å². The fourth-order valence-corrected chi connectivity index (χ4v) is 6.29. The Morgan fingerprint density at radius 2 is 1.97 bits per heavy atom. The Kier molecular flexibility index (Phi) is 6.55. The Morgan fingerprint density at radius 1 is 1.15 bits per heavy atom. The van der Waals surface area contributed by atoms with Gasteiger partial charge in [-0.25, -0.2) is 4.79 Å². The van der Waals surface area contributed by atoms with Gasteiger partial charge in [-0.3, -0.25) is 4.79 Å². The number of fused-ring (bicyclic) bond motifs is 2. The molecule has 5 rings (SSSR count). The average Bonchev–Trinajstić information content (AvgIpc) is 3.22. The lowest BCUT2D eigenvalue weighted by Crippen LogP contribution is -2.21. The quantitative estimate of drug-likeness (QED) is 0.215. The first-order chi connectivity index (χ1) is 16.0. The number of carbonyl (C=O) groups excluding carboxylic acids is 1. The number of carbonyl (C=O) groups is 1. The van der Waals surface area contributed by atoms with Gasteiger partial charge in [0.05, 0.1) is 27.3 Å². The van der Waals surface area contributed by atoms with E-state index in [9.17, 15) is 9.59 Å². The minimum atomic E-state index is -0.453. The molecule has 0 atom stereocenters. The maximum atomic E-state index is 12.7. The maximum absolute atomic E-state index is 12.7. The van der Waals surface area contributed by atoms with Crippen molar-refractivity contribution in [2.45, 2.75) is 10.9 Å². The molecule has 0 saturated carbocycles. The van der Waals surface area contributed by atoms with E-state index in [2.05, 4.69) is 47.2 Å². The molecule has 7 nitrogen and oxygen atoms in total. The van der Waals surface area contributed by atoms with Crippen LogP contribution in [0, 0.1) is 0 Å². The number of halogens is 2. The van der Waals surface area contributed by atoms with Crippen molar-refractivity contribution in [1.29, 1.82) is 0 Å². The Balaban J connectivity index is 1.39. The van der Waals surface area contributed by atoms with Crippen LogP contribution in [0.4, 0.5) is 0 Å². The second-order valence-electron chi connectivity index (χ2n) is 7.08. The van der Waals surface area contributed by atoms with E-state index < -0.39 is 5.63 Å². The lowest BCUT2D eigenvalue weighted by atomic mass is 10.1. The van der Waals surface area contributed by atoms with Crippen molar-refractivity contribution in [2.24, 2.45) is 5.10 Å². The van der Waals surface area contributed by atoms with Crippen LogP contribution in [0.5, 0.6) is 0 Å². The molecule has 0 saturated heterocycles. The third-order valence-corrected chi connectivity index (χ3v) is 7.76. The van der Waals surface area contributed by atoms with Gasteiger partial charge in [-0.2, -0.15) is 9.78 Å². The molecule has 0 bridgehead atoms. The molecule has 33 heavy (non-hydrogen) atoms. The van der Waals surface area contributed by atoms with Crippen LogP contribution in [0.2, 0.25) is 0 Å². The van der Waals surface area contributed by atoms with Gasteiger partial charge in [-0.15, -0.1) is 22.0 Å². The smallest absolute Gasteiger partial charge is 0.345 e. The van der Waals surface area contributed by atoms with Crippen molar-refractivity contribution in [2.75, 3.05) is 11.5 Å². The Labute approximate surface area is 213 Å². The molecule has 3 heterocycles. The molecule has 4 aromatic rings. The molecule has 0 spiro atoms. The van der Waals surface area contributed by atoms with Crippen LogP contribution in [-0.4, -0.2) is 37.9 Å². The summed E-state index contributed by atoms with van der Waals surface area (Å²) in [7, 11) is 0. The monoisotopic (exact) mass is 604 g/mol. The number of benzene rings is 2. The molecule has 2 aromatic heterocycles. The van der Waals surface area contributed by atoms with Gasteiger partial charge in [0.2, 0.25) is 5.16 Å². The molecule has 0 N–H and O–H groups in total. The SMILES string of the molecule is O=C(CSCc1nnc2n1N=C(c1cc3cc(Br)cc(Br)c3oc1=O)CS2)c1ccccc1. The molecule has 1 aliphatic rings. The van der Waals surface area contributed by atoms with Gasteiger partial charge in [-0.05, 0) is 34.1 Å². The van der Waals surface area contributed by atoms with Crippen molar-refractivity contribution in [3.8, 4) is 0 Å². The van der Waals surface area contributed by atoms with E-state index >= 15 is 0 Å². The Hall–Kier alpha value is -2.21. The molecular weight excluding hydrogens is 592 g/mol. The summed E-state index contributed by atoms with van der Waals surface area (Å²) in [6, 6.07) is 14.7. The number of nitrogens with zero attached hydrogens (tertiary/aromatic N) is 4. The summed E-state index contributed by atoms with van der Waals surface area (Å²) < 4.78 is 8.78. The number of ketones is 1. The third kappa shape index (κ3) is 4.72. The second-order valence-corrected chi connectivity index (χ2v) is 10.8. The molecule has 0 aliphatic carbocycles. The zero-order chi connectivity index (χ0) is 22.9. The molecule has 0 unspecified atom stereocenters. The molecule has 0 amide bonds. The van der Waals surface area contributed by atoms with E-state index in [-0.39, 0.29) is 5.78 Å². The van der Waals surface area contributed by atoms with E-state index in [0.29, 0.717) is 55.1 Å². The van der Waals surface area contributed by atoms with Gasteiger partial charge in [-0.1, -0.05) is 58.0 Å². The number of Topliss-reactive ketones (excluding diaryl/α,β-unsaturated/α-hetero) is 1. The largest absolute Gasteiger partial charge is 0.421 e. The number of thioether (sulfide) groups is 2. The summed E-state index contributed by atoms with van der Waals surface area (Å²) in [4.78, 5) is 25.1. The van der Waals surface area contributed by atoms with Crippen molar-refractivity contribution >= 4 is 77.8 Å². The standard InChI is InChI=1S/C22H14Br2N4O3S2/c23-14-6-13-7-15(21(30)31-20(13)16(24)8-14)17-9-33-22-26-25-19(28(22)27-17)11-32-10-18(29)12-4-2-1-3-5-12/h1-8H,9-11H2. The van der Waals surface area contributed by atoms with Gasteiger partial charge in [0, 0.05) is 21.2 Å². The van der Waals surface area contributed by atoms with Crippen LogP contribution in [-0.2, 0) is 5.75 Å². The van der Waals surface area contributed by atoms with Gasteiger partial charge in [0.25, 0.3) is 0 Å². The van der Waals surface area contributed by atoms with Crippen LogP contribution >= 0.6 is 55.4 Å². The molecule has 11 heteroatoms. The molecule has 0 fully saturated rings. The van der Waals surface area contributed by atoms with Crippen LogP contribution in [0.15, 0.2) is 76.9 Å². The number of hydrogen-bond donors (Lipinski definition) is 0. The van der Waals surface area contributed by atoms with Crippen LogP contribution < -0.4 is 5.63 Å². The zero-order valence-electron chi connectivity index (χ0n) is 16.8. The highest BCUT2D eigenvalue weighted by Gasteiger charge is 2.23. The van der Waals surface area contributed by atoms with Gasteiger partial charge >= 0.3 is 5.63 Å². The topological polar surface area (TPSA) is 90.3 Å². The number of hydrogen-bond acceptors (Lipinski definition) is 8. The summed E-state index contributed by atoms with van der Waals surface area (Å²) in [6.07, 6.45) is 0. The van der Waals surface area contributed by atoms with Gasteiger partial charge < -0.3 is 4.42 Å². The lowest BCUT2D eigenvalue weighted by Gasteiger charge is -2.13. The first kappa shape index (κ1) is 22.6. The fourth-order valence-electron chi connectivity index (χ4n) is 3.29. The van der Waals surface area contributed by atoms with Crippen molar-refractivity contribution in [1.82, 2.24) is 14.9 Å². The summed E-state index contributed by atoms with van der Waals surface area (Å²) >= 11 is 9.80. The van der Waals surface area contributed by atoms with E-state index in [1.807, 2.05) is 30.3 Å². The summed E-state index contributed by atoms with van der Waals surface area (Å²) in [5.41, 5.74) is 1.71. The molecule has 166 valence electrons. The first-order valence-corrected chi connectivity index (χ1v) is 13.5. The molecule has 2 aromatic carbocycles. The minimum Gasteiger partial charge on any atom is -0.421 e. The lowest BCUT2D eigenvalue weighted by molar-refractivity contribution is 0.102. The zero-order valence-corrected chi connectivity index (χ0v) is 21.6. The van der Waals surface area contributed by atoms with Crippen LogP contribution in [0.25, 0.3) is 11.0 Å². The second kappa shape index (κ2) is 9.57. The van der Waals surface area contributed by atoms with Crippen molar-refractivity contribution < 1.29 is 9.21 Å². The first-order valence-electron chi connectivity index (χ1n) is 9.74. The van der Waals surface area contributed by atoms with E-state index in [4.69, 9.17) is 4.42 Å². The minimum absolute atomic E-state index is 0.0589. The fraction of sp³-hybridized carbons (Fsp3) is 0.136. The highest BCUT2D eigenvalue weighted by atomic mass is 79.9. The maximum Gasteiger partial charge on any atom is 0.345 e. The predicted molar refractivity (Wildman–Crippen MR) is 137 cm³/mol.